The highest BCUT2D eigenvalue weighted by atomic mass is 16.1. The second kappa shape index (κ2) is 5.06. The zero-order valence-electron chi connectivity index (χ0n) is 9.27. The summed E-state index contributed by atoms with van der Waals surface area (Å²) in [5.41, 5.74) is 1.17. The maximum absolute atomic E-state index is 11.4. The largest absolute Gasteiger partial charge is 0.378 e. The minimum atomic E-state index is -0.215. The number of rotatable bonds is 4. The third kappa shape index (κ3) is 2.77. The topological polar surface area (TPSA) is 95.6 Å². The number of amides is 1. The van der Waals surface area contributed by atoms with Gasteiger partial charge < -0.3 is 10.6 Å². The zero-order chi connectivity index (χ0) is 12.1. The molecule has 88 valence electrons. The number of aromatic amines is 1. The molecule has 0 unspecified atom stereocenters. The van der Waals surface area contributed by atoms with Gasteiger partial charge >= 0.3 is 0 Å². The SMILES string of the molecule is CNC(=O)c1cc(NCc2ncn[nH]2)ccn1. The molecule has 0 aliphatic heterocycles. The highest BCUT2D eigenvalue weighted by molar-refractivity contribution is 5.92. The quantitative estimate of drug-likeness (QED) is 0.698. The van der Waals surface area contributed by atoms with Crippen molar-refractivity contribution in [2.24, 2.45) is 0 Å². The fourth-order valence-corrected chi connectivity index (χ4v) is 1.29. The van der Waals surface area contributed by atoms with Crippen LogP contribution >= 0.6 is 0 Å². The summed E-state index contributed by atoms with van der Waals surface area (Å²) in [5, 5.41) is 12.1. The molecule has 17 heavy (non-hydrogen) atoms. The second-order valence-electron chi connectivity index (χ2n) is 3.29. The van der Waals surface area contributed by atoms with Crippen molar-refractivity contribution in [3.8, 4) is 0 Å². The number of pyridine rings is 1. The van der Waals surface area contributed by atoms with Crippen LogP contribution in [-0.2, 0) is 6.54 Å². The Morgan fingerprint density at radius 3 is 3.06 bits per heavy atom. The van der Waals surface area contributed by atoms with E-state index in [4.69, 9.17) is 0 Å². The number of aromatic nitrogens is 4. The Kier molecular flexibility index (Phi) is 3.29. The van der Waals surface area contributed by atoms with Crippen LogP contribution in [0.5, 0.6) is 0 Å². The fraction of sp³-hybridized carbons (Fsp3) is 0.200. The standard InChI is InChI=1S/C10H12N6O/c1-11-10(17)8-4-7(2-3-12-8)13-5-9-14-6-15-16-9/h2-4,6H,5H2,1H3,(H,11,17)(H,12,13)(H,14,15,16). The van der Waals surface area contributed by atoms with Gasteiger partial charge in [0.15, 0.2) is 0 Å². The van der Waals surface area contributed by atoms with Gasteiger partial charge in [-0.3, -0.25) is 14.9 Å². The molecule has 7 nitrogen and oxygen atoms in total. The molecule has 0 aliphatic rings. The Balaban J connectivity index is 2.03. The summed E-state index contributed by atoms with van der Waals surface area (Å²) < 4.78 is 0. The van der Waals surface area contributed by atoms with E-state index >= 15 is 0 Å². The van der Waals surface area contributed by atoms with Crippen molar-refractivity contribution in [1.29, 1.82) is 0 Å². The van der Waals surface area contributed by atoms with Crippen LogP contribution in [0.1, 0.15) is 16.3 Å². The average Bonchev–Trinajstić information content (AvgIpc) is 2.89. The van der Waals surface area contributed by atoms with Crippen LogP contribution in [0.15, 0.2) is 24.7 Å². The van der Waals surface area contributed by atoms with Gasteiger partial charge in [-0.2, -0.15) is 5.10 Å². The van der Waals surface area contributed by atoms with Crippen LogP contribution in [0.2, 0.25) is 0 Å². The van der Waals surface area contributed by atoms with Gasteiger partial charge in [0.25, 0.3) is 5.91 Å². The van der Waals surface area contributed by atoms with Crippen LogP contribution in [-0.4, -0.2) is 33.1 Å². The van der Waals surface area contributed by atoms with E-state index in [1.807, 2.05) is 0 Å². The highest BCUT2D eigenvalue weighted by Gasteiger charge is 2.05. The number of hydrogen-bond acceptors (Lipinski definition) is 5. The van der Waals surface area contributed by atoms with Crippen molar-refractivity contribution in [3.05, 3.63) is 36.2 Å². The molecule has 1 amide bonds. The second-order valence-corrected chi connectivity index (χ2v) is 3.29. The molecule has 0 bridgehead atoms. The van der Waals surface area contributed by atoms with Crippen molar-refractivity contribution in [3.63, 3.8) is 0 Å². The predicted molar refractivity (Wildman–Crippen MR) is 61.3 cm³/mol. The Hall–Kier alpha value is -2.44. The molecule has 2 heterocycles. The molecule has 0 radical (unpaired) electrons. The molecule has 0 atom stereocenters. The average molecular weight is 232 g/mol. The van der Waals surface area contributed by atoms with Gasteiger partial charge in [0.05, 0.1) is 6.54 Å². The van der Waals surface area contributed by atoms with Gasteiger partial charge in [0.1, 0.15) is 17.8 Å². The monoisotopic (exact) mass is 232 g/mol. The lowest BCUT2D eigenvalue weighted by atomic mass is 10.3. The number of carbonyl (C=O) groups is 1. The van der Waals surface area contributed by atoms with Crippen molar-refractivity contribution in [2.75, 3.05) is 12.4 Å². The van der Waals surface area contributed by atoms with Crippen LogP contribution in [0.25, 0.3) is 0 Å². The smallest absolute Gasteiger partial charge is 0.269 e. The lowest BCUT2D eigenvalue weighted by molar-refractivity contribution is 0.0958. The molecule has 3 N–H and O–H groups in total. The summed E-state index contributed by atoms with van der Waals surface area (Å²) in [4.78, 5) is 19.3. The first-order chi connectivity index (χ1) is 8.29. The summed E-state index contributed by atoms with van der Waals surface area (Å²) in [5.74, 6) is 0.511. The van der Waals surface area contributed by atoms with E-state index in [1.54, 1.807) is 25.4 Å². The van der Waals surface area contributed by atoms with Crippen LogP contribution < -0.4 is 10.6 Å². The van der Waals surface area contributed by atoms with Gasteiger partial charge in [-0.1, -0.05) is 0 Å². The van der Waals surface area contributed by atoms with Gasteiger partial charge in [-0.15, -0.1) is 0 Å². The van der Waals surface area contributed by atoms with E-state index in [0.717, 1.165) is 11.5 Å². The first-order valence-electron chi connectivity index (χ1n) is 5.06. The number of nitrogens with zero attached hydrogens (tertiary/aromatic N) is 3. The molecule has 0 fully saturated rings. The lowest BCUT2D eigenvalue weighted by Crippen LogP contribution is -2.19. The molecule has 0 spiro atoms. The summed E-state index contributed by atoms with van der Waals surface area (Å²) in [7, 11) is 1.57. The van der Waals surface area contributed by atoms with Crippen molar-refractivity contribution >= 4 is 11.6 Å². The van der Waals surface area contributed by atoms with E-state index < -0.39 is 0 Å². The molecular weight excluding hydrogens is 220 g/mol. The van der Waals surface area contributed by atoms with Gasteiger partial charge in [0.2, 0.25) is 0 Å². The molecule has 0 aliphatic carbocycles. The Morgan fingerprint density at radius 2 is 2.35 bits per heavy atom. The molecule has 2 rings (SSSR count). The van der Waals surface area contributed by atoms with E-state index in [2.05, 4.69) is 30.8 Å². The molecule has 0 saturated carbocycles. The number of carbonyl (C=O) groups excluding carboxylic acids is 1. The maximum Gasteiger partial charge on any atom is 0.269 e. The van der Waals surface area contributed by atoms with Crippen LogP contribution in [0.4, 0.5) is 5.69 Å². The molecular formula is C10H12N6O. The summed E-state index contributed by atoms with van der Waals surface area (Å²) in [6.07, 6.45) is 3.02. The minimum absolute atomic E-state index is 0.215. The first kappa shape index (κ1) is 11.1. The normalized spacial score (nSPS) is 9.94. The zero-order valence-corrected chi connectivity index (χ0v) is 9.27. The maximum atomic E-state index is 11.4. The van der Waals surface area contributed by atoms with Gasteiger partial charge in [-0.05, 0) is 12.1 Å². The number of H-pyrrole nitrogens is 1. The fourth-order valence-electron chi connectivity index (χ4n) is 1.29. The van der Waals surface area contributed by atoms with Gasteiger partial charge in [0, 0.05) is 18.9 Å². The highest BCUT2D eigenvalue weighted by Crippen LogP contribution is 2.08. The van der Waals surface area contributed by atoms with Crippen molar-refractivity contribution < 1.29 is 4.79 Å². The van der Waals surface area contributed by atoms with Gasteiger partial charge in [-0.25, -0.2) is 4.98 Å². The van der Waals surface area contributed by atoms with Crippen molar-refractivity contribution in [1.82, 2.24) is 25.5 Å². The minimum Gasteiger partial charge on any atom is -0.378 e. The number of nitrogens with one attached hydrogen (secondary N) is 3. The van der Waals surface area contributed by atoms with Crippen LogP contribution in [0, 0.1) is 0 Å². The van der Waals surface area contributed by atoms with Crippen LogP contribution in [0.3, 0.4) is 0 Å². The van der Waals surface area contributed by atoms with E-state index in [9.17, 15) is 4.79 Å². The Morgan fingerprint density at radius 1 is 1.47 bits per heavy atom. The number of hydrogen-bond donors (Lipinski definition) is 3. The van der Waals surface area contributed by atoms with E-state index in [1.165, 1.54) is 6.33 Å². The van der Waals surface area contributed by atoms with E-state index in [-0.39, 0.29) is 5.91 Å². The molecule has 0 aromatic carbocycles. The molecule has 7 heteroatoms. The Labute approximate surface area is 97.7 Å². The predicted octanol–water partition coefficient (Wildman–Crippen LogP) is 0.171. The summed E-state index contributed by atoms with van der Waals surface area (Å²) in [6.45, 7) is 0.511. The third-order valence-electron chi connectivity index (χ3n) is 2.14. The molecule has 2 aromatic heterocycles. The summed E-state index contributed by atoms with van der Waals surface area (Å²) >= 11 is 0. The lowest BCUT2D eigenvalue weighted by Gasteiger charge is -2.05. The third-order valence-corrected chi connectivity index (χ3v) is 2.14. The van der Waals surface area contributed by atoms with Crippen molar-refractivity contribution in [2.45, 2.75) is 6.54 Å². The molecule has 2 aromatic rings. The Bertz CT molecular complexity index is 495. The number of anilines is 1. The summed E-state index contributed by atoms with van der Waals surface area (Å²) in [6, 6.07) is 3.46. The van der Waals surface area contributed by atoms with E-state index in [0.29, 0.717) is 12.2 Å². The first-order valence-corrected chi connectivity index (χ1v) is 5.06. The molecule has 0 saturated heterocycles.